The quantitative estimate of drug-likeness (QED) is 0.634. The van der Waals surface area contributed by atoms with Gasteiger partial charge in [-0.3, -0.25) is 0 Å². The molecular weight excluding hydrogens is 315 g/mol. The largest absolute Gasteiger partial charge is 0.507 e. The van der Waals surface area contributed by atoms with E-state index in [2.05, 4.69) is 28.0 Å². The molecule has 4 heteroatoms. The Hall–Kier alpha value is 0.0600. The molecule has 0 aliphatic rings. The SMILES string of the molecule is CSc1c(O)ccc2c(I)csc12. The van der Waals surface area contributed by atoms with Gasteiger partial charge in [0, 0.05) is 14.3 Å². The van der Waals surface area contributed by atoms with Gasteiger partial charge in [-0.1, -0.05) is 0 Å². The predicted octanol–water partition coefficient (Wildman–Crippen LogP) is 3.93. The number of phenols is 1. The summed E-state index contributed by atoms with van der Waals surface area (Å²) in [6.07, 6.45) is 1.99. The standard InChI is InChI=1S/C9H7IOS2/c1-12-9-7(11)3-2-5-6(10)4-13-8(5)9/h2-4,11H,1H3. The molecule has 0 aliphatic heterocycles. The summed E-state index contributed by atoms with van der Waals surface area (Å²) >= 11 is 5.60. The Kier molecular flexibility index (Phi) is 2.71. The number of fused-ring (bicyclic) bond motifs is 1. The highest BCUT2D eigenvalue weighted by Gasteiger charge is 2.09. The van der Waals surface area contributed by atoms with Crippen molar-refractivity contribution in [3.8, 4) is 5.75 Å². The molecule has 0 radical (unpaired) electrons. The van der Waals surface area contributed by atoms with Crippen LogP contribution in [-0.4, -0.2) is 11.4 Å². The van der Waals surface area contributed by atoms with Gasteiger partial charge < -0.3 is 5.11 Å². The predicted molar refractivity (Wildman–Crippen MR) is 68.0 cm³/mol. The minimum atomic E-state index is 0.387. The van der Waals surface area contributed by atoms with Crippen LogP contribution in [0.3, 0.4) is 0 Å². The van der Waals surface area contributed by atoms with Gasteiger partial charge in [-0.15, -0.1) is 23.1 Å². The molecule has 0 unspecified atom stereocenters. The maximum Gasteiger partial charge on any atom is 0.130 e. The Balaban J connectivity index is 2.85. The van der Waals surface area contributed by atoms with Crippen molar-refractivity contribution in [2.75, 3.05) is 6.26 Å². The highest BCUT2D eigenvalue weighted by atomic mass is 127. The lowest BCUT2D eigenvalue weighted by molar-refractivity contribution is 0.464. The first-order chi connectivity index (χ1) is 6.24. The maximum absolute atomic E-state index is 9.60. The number of benzene rings is 1. The number of thioether (sulfide) groups is 1. The van der Waals surface area contributed by atoms with E-state index in [0.29, 0.717) is 5.75 Å². The molecule has 1 aromatic carbocycles. The maximum atomic E-state index is 9.60. The molecule has 13 heavy (non-hydrogen) atoms. The first-order valence-electron chi connectivity index (χ1n) is 3.66. The third kappa shape index (κ3) is 1.55. The van der Waals surface area contributed by atoms with Crippen LogP contribution in [0.4, 0.5) is 0 Å². The van der Waals surface area contributed by atoms with Crippen molar-refractivity contribution in [3.63, 3.8) is 0 Å². The molecule has 0 saturated heterocycles. The zero-order valence-corrected chi connectivity index (χ0v) is 10.7. The van der Waals surface area contributed by atoms with Crippen molar-refractivity contribution < 1.29 is 5.11 Å². The molecule has 1 aromatic heterocycles. The average molecular weight is 322 g/mol. The van der Waals surface area contributed by atoms with Crippen LogP contribution in [0.25, 0.3) is 10.1 Å². The molecule has 0 fully saturated rings. The summed E-state index contributed by atoms with van der Waals surface area (Å²) < 4.78 is 2.45. The van der Waals surface area contributed by atoms with Crippen molar-refractivity contribution in [1.29, 1.82) is 0 Å². The number of halogens is 1. The van der Waals surface area contributed by atoms with E-state index in [1.807, 2.05) is 12.3 Å². The second kappa shape index (κ2) is 3.67. The van der Waals surface area contributed by atoms with E-state index >= 15 is 0 Å². The Labute approximate surface area is 98.3 Å². The lowest BCUT2D eigenvalue weighted by Crippen LogP contribution is -1.74. The van der Waals surface area contributed by atoms with E-state index in [1.165, 1.54) is 13.7 Å². The highest BCUT2D eigenvalue weighted by molar-refractivity contribution is 14.1. The highest BCUT2D eigenvalue weighted by Crippen LogP contribution is 2.39. The first-order valence-corrected chi connectivity index (χ1v) is 6.85. The van der Waals surface area contributed by atoms with E-state index in [0.717, 1.165) is 4.90 Å². The van der Waals surface area contributed by atoms with Gasteiger partial charge in [0.05, 0.1) is 9.60 Å². The molecule has 0 aliphatic carbocycles. The molecule has 0 amide bonds. The van der Waals surface area contributed by atoms with Crippen molar-refractivity contribution in [1.82, 2.24) is 0 Å². The van der Waals surface area contributed by atoms with Gasteiger partial charge in [0.2, 0.25) is 0 Å². The van der Waals surface area contributed by atoms with E-state index in [1.54, 1.807) is 29.2 Å². The summed E-state index contributed by atoms with van der Waals surface area (Å²) in [5.74, 6) is 0.387. The van der Waals surface area contributed by atoms with Gasteiger partial charge in [0.15, 0.2) is 0 Å². The number of phenolic OH excluding ortho intramolecular Hbond substituents is 1. The number of rotatable bonds is 1. The molecule has 1 heterocycles. The molecule has 0 spiro atoms. The normalized spacial score (nSPS) is 10.9. The van der Waals surface area contributed by atoms with Crippen molar-refractivity contribution in [2.45, 2.75) is 4.90 Å². The Morgan fingerprint density at radius 1 is 1.46 bits per heavy atom. The average Bonchev–Trinajstić information content (AvgIpc) is 2.48. The molecule has 1 N–H and O–H groups in total. The number of thiophene rings is 1. The van der Waals surface area contributed by atoms with Gasteiger partial charge in [0.25, 0.3) is 0 Å². The van der Waals surface area contributed by atoms with Crippen LogP contribution in [0, 0.1) is 3.57 Å². The molecule has 0 saturated carbocycles. The molecule has 0 bridgehead atoms. The lowest BCUT2D eigenvalue weighted by atomic mass is 10.2. The van der Waals surface area contributed by atoms with Gasteiger partial charge >= 0.3 is 0 Å². The van der Waals surface area contributed by atoms with Crippen molar-refractivity contribution in [3.05, 3.63) is 21.1 Å². The molecule has 2 aromatic rings. The lowest BCUT2D eigenvalue weighted by Gasteiger charge is -2.01. The van der Waals surface area contributed by atoms with Gasteiger partial charge in [-0.05, 0) is 41.0 Å². The summed E-state index contributed by atoms with van der Waals surface area (Å²) in [5.41, 5.74) is 0. The number of aromatic hydroxyl groups is 1. The smallest absolute Gasteiger partial charge is 0.130 e. The van der Waals surface area contributed by atoms with Crippen LogP contribution in [0.5, 0.6) is 5.75 Å². The number of hydrogen-bond acceptors (Lipinski definition) is 3. The van der Waals surface area contributed by atoms with Gasteiger partial charge in [-0.2, -0.15) is 0 Å². The fourth-order valence-corrected chi connectivity index (χ4v) is 4.07. The fraction of sp³-hybridized carbons (Fsp3) is 0.111. The molecular formula is C9H7IOS2. The third-order valence-corrected chi connectivity index (χ3v) is 5.11. The van der Waals surface area contributed by atoms with E-state index < -0.39 is 0 Å². The zero-order chi connectivity index (χ0) is 9.42. The van der Waals surface area contributed by atoms with Crippen LogP contribution in [-0.2, 0) is 0 Å². The third-order valence-electron chi connectivity index (χ3n) is 1.83. The van der Waals surface area contributed by atoms with Crippen LogP contribution < -0.4 is 0 Å². The zero-order valence-electron chi connectivity index (χ0n) is 6.87. The summed E-state index contributed by atoms with van der Waals surface area (Å²) in [6, 6.07) is 3.74. The summed E-state index contributed by atoms with van der Waals surface area (Å²) in [6.45, 7) is 0. The molecule has 1 nitrogen and oxygen atoms in total. The van der Waals surface area contributed by atoms with E-state index in [-0.39, 0.29) is 0 Å². The summed E-state index contributed by atoms with van der Waals surface area (Å²) in [7, 11) is 0. The first kappa shape index (κ1) is 9.61. The van der Waals surface area contributed by atoms with Gasteiger partial charge in [-0.25, -0.2) is 0 Å². The monoisotopic (exact) mass is 322 g/mol. The van der Waals surface area contributed by atoms with E-state index in [4.69, 9.17) is 0 Å². The van der Waals surface area contributed by atoms with Gasteiger partial charge in [0.1, 0.15) is 5.75 Å². The minimum absolute atomic E-state index is 0.387. The second-order valence-electron chi connectivity index (χ2n) is 2.58. The Morgan fingerprint density at radius 2 is 2.23 bits per heavy atom. The van der Waals surface area contributed by atoms with E-state index in [9.17, 15) is 5.11 Å². The van der Waals surface area contributed by atoms with Crippen LogP contribution >= 0.6 is 45.7 Å². The summed E-state index contributed by atoms with van der Waals surface area (Å²) in [4.78, 5) is 0.991. The Bertz CT molecular complexity index is 450. The van der Waals surface area contributed by atoms with Crippen molar-refractivity contribution >= 4 is 55.8 Å². The second-order valence-corrected chi connectivity index (χ2v) is 5.44. The Morgan fingerprint density at radius 3 is 2.92 bits per heavy atom. The van der Waals surface area contributed by atoms with Crippen molar-refractivity contribution in [2.24, 2.45) is 0 Å². The van der Waals surface area contributed by atoms with Crippen LogP contribution in [0.1, 0.15) is 0 Å². The fourth-order valence-electron chi connectivity index (χ4n) is 1.23. The van der Waals surface area contributed by atoms with Crippen LogP contribution in [0.2, 0.25) is 0 Å². The molecule has 2 rings (SSSR count). The van der Waals surface area contributed by atoms with Crippen LogP contribution in [0.15, 0.2) is 22.4 Å². The molecule has 68 valence electrons. The minimum Gasteiger partial charge on any atom is -0.507 e. The summed E-state index contributed by atoms with van der Waals surface area (Å²) in [5, 5.41) is 13.0. The number of hydrogen-bond donors (Lipinski definition) is 1. The molecule has 0 atom stereocenters. The topological polar surface area (TPSA) is 20.2 Å².